The smallest absolute Gasteiger partial charge is 0.249 e. The second kappa shape index (κ2) is 11.3. The summed E-state index contributed by atoms with van der Waals surface area (Å²) in [6, 6.07) is 12.4. The highest BCUT2D eigenvalue weighted by molar-refractivity contribution is 6.32. The van der Waals surface area contributed by atoms with Crippen molar-refractivity contribution in [3.8, 4) is 17.6 Å². The number of nitrogens with one attached hydrogen (secondary N) is 2. The average molecular weight is 492 g/mol. The Hall–Kier alpha value is -4.22. The number of benzene rings is 2. The zero-order valence-electron chi connectivity index (χ0n) is 19.9. The van der Waals surface area contributed by atoms with E-state index < -0.39 is 5.91 Å². The van der Waals surface area contributed by atoms with Gasteiger partial charge in [-0.2, -0.15) is 5.26 Å². The van der Waals surface area contributed by atoms with Crippen LogP contribution in [0, 0.1) is 18.3 Å². The van der Waals surface area contributed by atoms with Gasteiger partial charge in [-0.15, -0.1) is 0 Å². The van der Waals surface area contributed by atoms with Gasteiger partial charge in [0.05, 0.1) is 31.2 Å². The van der Waals surface area contributed by atoms with Gasteiger partial charge in [0.25, 0.3) is 0 Å². The summed E-state index contributed by atoms with van der Waals surface area (Å²) in [6.07, 6.45) is 3.48. The third kappa shape index (κ3) is 5.83. The highest BCUT2D eigenvalue weighted by Gasteiger charge is 2.15. The van der Waals surface area contributed by atoms with Crippen LogP contribution in [-0.4, -0.2) is 25.1 Å². The second-order valence-electron chi connectivity index (χ2n) is 7.60. The van der Waals surface area contributed by atoms with Crippen LogP contribution in [0.15, 0.2) is 48.7 Å². The molecule has 0 saturated heterocycles. The molecular weight excluding hydrogens is 466 g/mol. The van der Waals surface area contributed by atoms with Gasteiger partial charge in [-0.1, -0.05) is 18.5 Å². The molecule has 0 bridgehead atoms. The van der Waals surface area contributed by atoms with E-state index in [1.165, 1.54) is 6.08 Å². The molecule has 0 atom stereocenters. The van der Waals surface area contributed by atoms with E-state index in [0.717, 1.165) is 11.1 Å². The molecule has 1 heterocycles. The number of hydrogen-bond acceptors (Lipinski definition) is 7. The molecule has 0 fully saturated rings. The van der Waals surface area contributed by atoms with Gasteiger partial charge in [-0.3, -0.25) is 4.79 Å². The first-order valence-electron chi connectivity index (χ1n) is 10.8. The Kier molecular flexibility index (Phi) is 8.18. The topological polar surface area (TPSA) is 122 Å². The van der Waals surface area contributed by atoms with Gasteiger partial charge in [0, 0.05) is 34.6 Å². The SMILES string of the molecule is CCc1cc(NC(=O)/C=C(\C#N)c2cccnc2Nc2cc(C)c(OC)c(OC)c2)c(N)cc1Cl. The molecule has 0 spiro atoms. The molecule has 2 aromatic carbocycles. The molecule has 0 saturated carbocycles. The van der Waals surface area contributed by atoms with E-state index >= 15 is 0 Å². The Balaban J connectivity index is 1.92. The minimum atomic E-state index is -0.505. The number of nitrogens with two attached hydrogens (primary N) is 1. The molecule has 0 aliphatic heterocycles. The summed E-state index contributed by atoms with van der Waals surface area (Å²) in [4.78, 5) is 17.1. The molecule has 9 heteroatoms. The van der Waals surface area contributed by atoms with Gasteiger partial charge in [-0.05, 0) is 54.8 Å². The fraction of sp³-hybridized carbons (Fsp3) is 0.192. The summed E-state index contributed by atoms with van der Waals surface area (Å²) in [7, 11) is 3.13. The zero-order valence-corrected chi connectivity index (χ0v) is 20.7. The molecule has 1 amide bonds. The van der Waals surface area contributed by atoms with Crippen molar-refractivity contribution >= 4 is 46.0 Å². The van der Waals surface area contributed by atoms with Crippen LogP contribution in [0.2, 0.25) is 5.02 Å². The van der Waals surface area contributed by atoms with E-state index in [1.807, 2.05) is 19.9 Å². The monoisotopic (exact) mass is 491 g/mol. The Morgan fingerprint density at radius 1 is 1.26 bits per heavy atom. The number of carbonyl (C=O) groups excluding carboxylic acids is 1. The van der Waals surface area contributed by atoms with E-state index in [1.54, 1.807) is 50.7 Å². The van der Waals surface area contributed by atoms with Crippen LogP contribution in [0.4, 0.5) is 22.9 Å². The first-order chi connectivity index (χ1) is 16.8. The number of nitrogens with zero attached hydrogens (tertiary/aromatic N) is 2. The standard InChI is InChI=1S/C26H26ClN5O3/c1-5-16-10-22(21(29)13-20(16)27)32-24(33)11-17(14-28)19-7-6-8-30-26(19)31-18-9-15(2)25(35-4)23(12-18)34-3/h6-13H,5,29H2,1-4H3,(H,30,31)(H,32,33)/b17-11+. The van der Waals surface area contributed by atoms with Gasteiger partial charge in [0.15, 0.2) is 11.5 Å². The number of carbonyl (C=O) groups is 1. The van der Waals surface area contributed by atoms with Crippen molar-refractivity contribution in [2.45, 2.75) is 20.3 Å². The lowest BCUT2D eigenvalue weighted by Crippen LogP contribution is -2.11. The van der Waals surface area contributed by atoms with E-state index in [2.05, 4.69) is 21.7 Å². The van der Waals surface area contributed by atoms with Crippen LogP contribution in [0.3, 0.4) is 0 Å². The minimum Gasteiger partial charge on any atom is -0.493 e. The second-order valence-corrected chi connectivity index (χ2v) is 8.00. The Morgan fingerprint density at radius 2 is 2.03 bits per heavy atom. The number of amides is 1. The van der Waals surface area contributed by atoms with Crippen molar-refractivity contribution in [3.63, 3.8) is 0 Å². The first-order valence-corrected chi connectivity index (χ1v) is 11.1. The Morgan fingerprint density at radius 3 is 2.69 bits per heavy atom. The third-order valence-electron chi connectivity index (χ3n) is 5.28. The predicted molar refractivity (Wildman–Crippen MR) is 139 cm³/mol. The van der Waals surface area contributed by atoms with Crippen LogP contribution < -0.4 is 25.8 Å². The van der Waals surface area contributed by atoms with E-state index in [9.17, 15) is 10.1 Å². The summed E-state index contributed by atoms with van der Waals surface area (Å²) < 4.78 is 10.8. The van der Waals surface area contributed by atoms with E-state index in [-0.39, 0.29) is 5.57 Å². The lowest BCUT2D eigenvalue weighted by atomic mass is 10.1. The van der Waals surface area contributed by atoms with Crippen molar-refractivity contribution in [3.05, 3.63) is 70.4 Å². The number of nitrogen functional groups attached to an aromatic ring is 1. The molecule has 4 N–H and O–H groups in total. The number of hydrogen-bond donors (Lipinski definition) is 3. The van der Waals surface area contributed by atoms with Gasteiger partial charge in [-0.25, -0.2) is 4.98 Å². The highest BCUT2D eigenvalue weighted by Crippen LogP contribution is 2.36. The number of ether oxygens (including phenoxy) is 2. The number of aromatic nitrogens is 1. The number of methoxy groups -OCH3 is 2. The number of allylic oxidation sites excluding steroid dienone is 1. The normalized spacial score (nSPS) is 10.9. The van der Waals surface area contributed by atoms with Crippen LogP contribution >= 0.6 is 11.6 Å². The molecule has 3 aromatic rings. The maximum absolute atomic E-state index is 12.8. The predicted octanol–water partition coefficient (Wildman–Crippen LogP) is 5.49. The first kappa shape index (κ1) is 25.4. The number of rotatable bonds is 8. The fourth-order valence-electron chi connectivity index (χ4n) is 3.57. The number of halogens is 1. The summed E-state index contributed by atoms with van der Waals surface area (Å²) in [5.74, 6) is 1.07. The quantitative estimate of drug-likeness (QED) is 0.216. The van der Waals surface area contributed by atoms with Crippen molar-refractivity contribution < 1.29 is 14.3 Å². The molecule has 0 aliphatic carbocycles. The molecule has 0 aliphatic rings. The zero-order chi connectivity index (χ0) is 25.5. The van der Waals surface area contributed by atoms with E-state index in [0.29, 0.717) is 51.4 Å². The highest BCUT2D eigenvalue weighted by atomic mass is 35.5. The lowest BCUT2D eigenvalue weighted by molar-refractivity contribution is -0.111. The van der Waals surface area contributed by atoms with Crippen molar-refractivity contribution in [1.29, 1.82) is 5.26 Å². The van der Waals surface area contributed by atoms with Crippen LogP contribution in [0.1, 0.15) is 23.6 Å². The van der Waals surface area contributed by atoms with Crippen molar-refractivity contribution in [1.82, 2.24) is 4.98 Å². The van der Waals surface area contributed by atoms with Gasteiger partial charge >= 0.3 is 0 Å². The van der Waals surface area contributed by atoms with Gasteiger partial charge in [0.1, 0.15) is 11.9 Å². The van der Waals surface area contributed by atoms with Gasteiger partial charge in [0.2, 0.25) is 5.91 Å². The summed E-state index contributed by atoms with van der Waals surface area (Å²) in [5, 5.41) is 16.3. The molecular formula is C26H26ClN5O3. The molecule has 35 heavy (non-hydrogen) atoms. The van der Waals surface area contributed by atoms with Crippen LogP contribution in [0.5, 0.6) is 11.5 Å². The number of pyridine rings is 1. The molecule has 8 nitrogen and oxygen atoms in total. The largest absolute Gasteiger partial charge is 0.493 e. The molecule has 3 rings (SSSR count). The Labute approximate surface area is 209 Å². The summed E-state index contributed by atoms with van der Waals surface area (Å²) in [5.41, 5.74) is 9.74. The number of anilines is 4. The minimum absolute atomic E-state index is 0.124. The maximum Gasteiger partial charge on any atom is 0.249 e. The summed E-state index contributed by atoms with van der Waals surface area (Å²) >= 11 is 6.18. The molecule has 180 valence electrons. The van der Waals surface area contributed by atoms with Crippen LogP contribution in [0.25, 0.3) is 5.57 Å². The molecule has 1 aromatic heterocycles. The fourth-order valence-corrected chi connectivity index (χ4v) is 3.87. The van der Waals surface area contributed by atoms with E-state index in [4.69, 9.17) is 26.8 Å². The molecule has 0 radical (unpaired) electrons. The molecule has 0 unspecified atom stereocenters. The van der Waals surface area contributed by atoms with Crippen molar-refractivity contribution in [2.75, 3.05) is 30.6 Å². The average Bonchev–Trinajstić information content (AvgIpc) is 2.84. The lowest BCUT2D eigenvalue weighted by Gasteiger charge is -2.15. The third-order valence-corrected chi connectivity index (χ3v) is 5.63. The Bertz CT molecular complexity index is 1330. The van der Waals surface area contributed by atoms with Crippen molar-refractivity contribution in [2.24, 2.45) is 0 Å². The maximum atomic E-state index is 12.8. The van der Waals surface area contributed by atoms with Crippen LogP contribution in [-0.2, 0) is 11.2 Å². The number of nitriles is 1. The number of aryl methyl sites for hydroxylation is 2. The summed E-state index contributed by atoms with van der Waals surface area (Å²) in [6.45, 7) is 3.84. The van der Waals surface area contributed by atoms with Gasteiger partial charge < -0.3 is 25.8 Å².